The van der Waals surface area contributed by atoms with E-state index in [1.165, 1.54) is 0 Å². The van der Waals surface area contributed by atoms with Gasteiger partial charge in [0.05, 0.1) is 0 Å². The summed E-state index contributed by atoms with van der Waals surface area (Å²) in [6.07, 6.45) is -0.158. The zero-order chi connectivity index (χ0) is 16.2. The van der Waals surface area contributed by atoms with Crippen LogP contribution in [-0.2, 0) is 14.4 Å². The molecule has 0 aromatic rings. The van der Waals surface area contributed by atoms with Gasteiger partial charge in [0.2, 0.25) is 11.8 Å². The Morgan fingerprint density at radius 2 is 1.95 bits per heavy atom. The topological polar surface area (TPSA) is 107 Å². The monoisotopic (exact) mass is 300 g/mol. The third-order valence-corrected chi connectivity index (χ3v) is 3.46. The van der Waals surface area contributed by atoms with Crippen LogP contribution in [0, 0.1) is 5.41 Å². The van der Waals surface area contributed by atoms with Crippen molar-refractivity contribution in [1.29, 1.82) is 0 Å². The number of amides is 2. The highest BCUT2D eigenvalue weighted by molar-refractivity contribution is 5.90. The number of carboxylic acids is 1. The van der Waals surface area contributed by atoms with Gasteiger partial charge in [-0.15, -0.1) is 0 Å². The van der Waals surface area contributed by atoms with E-state index in [1.54, 1.807) is 4.90 Å². The molecule has 21 heavy (non-hydrogen) atoms. The van der Waals surface area contributed by atoms with Crippen LogP contribution in [0.2, 0.25) is 0 Å². The molecule has 0 aliphatic carbocycles. The minimum atomic E-state index is -1.49. The highest BCUT2D eigenvalue weighted by Gasteiger charge is 2.38. The van der Waals surface area contributed by atoms with Crippen molar-refractivity contribution >= 4 is 17.8 Å². The predicted molar refractivity (Wildman–Crippen MR) is 75.5 cm³/mol. The summed E-state index contributed by atoms with van der Waals surface area (Å²) in [4.78, 5) is 36.4. The lowest BCUT2D eigenvalue weighted by Crippen LogP contribution is -2.49. The van der Waals surface area contributed by atoms with Gasteiger partial charge in [-0.3, -0.25) is 9.59 Å². The molecule has 0 aromatic heterocycles. The summed E-state index contributed by atoms with van der Waals surface area (Å²) in [7, 11) is 0. The largest absolute Gasteiger partial charge is 0.479 e. The van der Waals surface area contributed by atoms with Crippen LogP contribution >= 0.6 is 0 Å². The maximum Gasteiger partial charge on any atom is 0.332 e. The summed E-state index contributed by atoms with van der Waals surface area (Å²) in [6, 6.07) is -0.501. The number of aliphatic hydroxyl groups excluding tert-OH is 1. The molecule has 1 saturated heterocycles. The number of carboxylic acid groups (broad SMARTS) is 1. The number of hydrogen-bond acceptors (Lipinski definition) is 4. The molecule has 0 bridgehead atoms. The van der Waals surface area contributed by atoms with Crippen LogP contribution in [0.25, 0.3) is 0 Å². The fourth-order valence-electron chi connectivity index (χ4n) is 2.29. The second kappa shape index (κ2) is 6.89. The molecule has 0 spiro atoms. The number of nitrogens with one attached hydrogen (secondary N) is 1. The summed E-state index contributed by atoms with van der Waals surface area (Å²) in [5.41, 5.74) is -0.539. The van der Waals surface area contributed by atoms with E-state index in [-0.39, 0.29) is 24.8 Å². The fourth-order valence-corrected chi connectivity index (χ4v) is 2.29. The van der Waals surface area contributed by atoms with E-state index in [9.17, 15) is 14.4 Å². The Balaban J connectivity index is 2.53. The summed E-state index contributed by atoms with van der Waals surface area (Å²) < 4.78 is 0. The molecule has 0 radical (unpaired) electrons. The number of likely N-dealkylation sites (tertiary alicyclic amines) is 1. The quantitative estimate of drug-likeness (QED) is 0.661. The Morgan fingerprint density at radius 3 is 2.48 bits per heavy atom. The second-order valence-corrected chi connectivity index (χ2v) is 6.34. The van der Waals surface area contributed by atoms with Crippen LogP contribution < -0.4 is 5.32 Å². The van der Waals surface area contributed by atoms with E-state index < -0.39 is 23.5 Å². The third kappa shape index (κ3) is 4.70. The zero-order valence-electron chi connectivity index (χ0n) is 12.8. The van der Waals surface area contributed by atoms with E-state index >= 15 is 0 Å². The van der Waals surface area contributed by atoms with E-state index in [2.05, 4.69) is 5.32 Å². The van der Waals surface area contributed by atoms with Crippen molar-refractivity contribution in [2.24, 2.45) is 5.41 Å². The highest BCUT2D eigenvalue weighted by atomic mass is 16.4. The lowest BCUT2D eigenvalue weighted by molar-refractivity contribution is -0.147. The van der Waals surface area contributed by atoms with Gasteiger partial charge in [-0.25, -0.2) is 4.79 Å². The van der Waals surface area contributed by atoms with Gasteiger partial charge in [-0.05, 0) is 12.8 Å². The van der Waals surface area contributed by atoms with Crippen molar-refractivity contribution < 1.29 is 24.6 Å². The third-order valence-electron chi connectivity index (χ3n) is 3.46. The number of carbonyl (C=O) groups excluding carboxylic acids is 2. The molecule has 2 atom stereocenters. The van der Waals surface area contributed by atoms with E-state index in [1.807, 2.05) is 20.8 Å². The minimum absolute atomic E-state index is 0.0546. The van der Waals surface area contributed by atoms with Gasteiger partial charge in [-0.2, -0.15) is 0 Å². The second-order valence-electron chi connectivity index (χ2n) is 6.34. The van der Waals surface area contributed by atoms with Crippen LogP contribution in [0.15, 0.2) is 0 Å². The Labute approximate surface area is 124 Å². The van der Waals surface area contributed by atoms with Crippen LogP contribution in [0.3, 0.4) is 0 Å². The average Bonchev–Trinajstić information content (AvgIpc) is 2.85. The van der Waals surface area contributed by atoms with Crippen LogP contribution in [-0.4, -0.2) is 58.1 Å². The molecule has 2 unspecified atom stereocenters. The first-order valence-corrected chi connectivity index (χ1v) is 7.14. The van der Waals surface area contributed by atoms with E-state index in [4.69, 9.17) is 10.2 Å². The molecule has 3 N–H and O–H groups in total. The molecule has 7 nitrogen and oxygen atoms in total. The summed E-state index contributed by atoms with van der Waals surface area (Å²) in [5, 5.41) is 20.3. The van der Waals surface area contributed by atoms with Crippen LogP contribution in [0.4, 0.5) is 0 Å². The molecule has 0 saturated carbocycles. The number of carbonyl (C=O) groups is 3. The fraction of sp³-hybridized carbons (Fsp3) is 0.786. The summed E-state index contributed by atoms with van der Waals surface area (Å²) >= 11 is 0. The molecule has 1 rings (SSSR count). The van der Waals surface area contributed by atoms with Crippen molar-refractivity contribution in [3.8, 4) is 0 Å². The first-order valence-electron chi connectivity index (χ1n) is 7.14. The standard InChI is InChI=1S/C14H24N2O5/c1-14(2,3)13(21)16-8-4-5-9(16)11(18)15-7-6-10(17)12(19)20/h9-10,17H,4-8H2,1-3H3,(H,15,18)(H,19,20). The summed E-state index contributed by atoms with van der Waals surface area (Å²) in [6.45, 7) is 6.07. The molecular weight excluding hydrogens is 276 g/mol. The van der Waals surface area contributed by atoms with Crippen molar-refractivity contribution in [1.82, 2.24) is 10.2 Å². The normalized spacial score (nSPS) is 20.2. The van der Waals surface area contributed by atoms with Crippen LogP contribution in [0.1, 0.15) is 40.0 Å². The molecule has 2 amide bonds. The van der Waals surface area contributed by atoms with E-state index in [0.717, 1.165) is 6.42 Å². The summed E-state index contributed by atoms with van der Waals surface area (Å²) in [5.74, 6) is -1.66. The molecular formula is C14H24N2O5. The molecule has 0 aromatic carbocycles. The minimum Gasteiger partial charge on any atom is -0.479 e. The van der Waals surface area contributed by atoms with Crippen molar-refractivity contribution in [2.75, 3.05) is 13.1 Å². The number of nitrogens with zero attached hydrogens (tertiary/aromatic N) is 1. The lowest BCUT2D eigenvalue weighted by Gasteiger charge is -2.30. The average molecular weight is 300 g/mol. The first-order chi connectivity index (χ1) is 9.64. The Bertz CT molecular complexity index is 416. The highest BCUT2D eigenvalue weighted by Crippen LogP contribution is 2.25. The molecule has 7 heteroatoms. The SMILES string of the molecule is CC(C)(C)C(=O)N1CCCC1C(=O)NCCC(O)C(=O)O. The van der Waals surface area contributed by atoms with Gasteiger partial charge in [0.25, 0.3) is 0 Å². The number of aliphatic hydroxyl groups is 1. The van der Waals surface area contributed by atoms with Crippen molar-refractivity contribution in [2.45, 2.75) is 52.2 Å². The van der Waals surface area contributed by atoms with Crippen molar-refractivity contribution in [3.63, 3.8) is 0 Å². The molecule has 1 aliphatic heterocycles. The number of hydrogen-bond donors (Lipinski definition) is 3. The number of rotatable bonds is 5. The Kier molecular flexibility index (Phi) is 5.71. The first kappa shape index (κ1) is 17.4. The van der Waals surface area contributed by atoms with Gasteiger partial charge in [-0.1, -0.05) is 20.8 Å². The predicted octanol–water partition coefficient (Wildman–Crippen LogP) is -0.0247. The molecule has 1 aliphatic rings. The number of aliphatic carboxylic acids is 1. The Hall–Kier alpha value is -1.63. The van der Waals surface area contributed by atoms with Gasteiger partial charge >= 0.3 is 5.97 Å². The van der Waals surface area contributed by atoms with E-state index in [0.29, 0.717) is 13.0 Å². The van der Waals surface area contributed by atoms with Crippen LogP contribution in [0.5, 0.6) is 0 Å². The van der Waals surface area contributed by atoms with Gasteiger partial charge in [0, 0.05) is 24.9 Å². The Morgan fingerprint density at radius 1 is 1.33 bits per heavy atom. The van der Waals surface area contributed by atoms with Gasteiger partial charge in [0.15, 0.2) is 6.10 Å². The molecule has 1 fully saturated rings. The smallest absolute Gasteiger partial charge is 0.332 e. The maximum atomic E-state index is 12.3. The van der Waals surface area contributed by atoms with Gasteiger partial charge < -0.3 is 20.4 Å². The van der Waals surface area contributed by atoms with Crippen molar-refractivity contribution in [3.05, 3.63) is 0 Å². The zero-order valence-corrected chi connectivity index (χ0v) is 12.8. The molecule has 1 heterocycles. The van der Waals surface area contributed by atoms with Gasteiger partial charge in [0.1, 0.15) is 6.04 Å². The maximum absolute atomic E-state index is 12.3. The molecule has 120 valence electrons. The lowest BCUT2D eigenvalue weighted by atomic mass is 9.94.